The highest BCUT2D eigenvalue weighted by atomic mass is 35.5. The summed E-state index contributed by atoms with van der Waals surface area (Å²) in [7, 11) is 0. The minimum absolute atomic E-state index is 0.0254. The Bertz CT molecular complexity index is 744. The number of carbonyl (C=O) groups excluding carboxylic acids is 2. The van der Waals surface area contributed by atoms with Crippen LogP contribution in [0.5, 0.6) is 0 Å². The number of amides is 2. The summed E-state index contributed by atoms with van der Waals surface area (Å²) in [4.78, 5) is 32.5. The first-order valence-electron chi connectivity index (χ1n) is 9.66. The average molecular weight is 432 g/mol. The summed E-state index contributed by atoms with van der Waals surface area (Å²) in [6.07, 6.45) is 3.93. The first-order chi connectivity index (χ1) is 13.9. The van der Waals surface area contributed by atoms with Gasteiger partial charge in [0.25, 0.3) is 0 Å². The molecule has 1 aliphatic carbocycles. The molecular weight excluding hydrogens is 408 g/mol. The molecule has 11 heteroatoms. The lowest BCUT2D eigenvalue weighted by atomic mass is 9.92. The summed E-state index contributed by atoms with van der Waals surface area (Å²) in [5.74, 6) is -1.54. The van der Waals surface area contributed by atoms with Crippen molar-refractivity contribution in [1.29, 1.82) is 0 Å². The van der Waals surface area contributed by atoms with Gasteiger partial charge in [0.05, 0.1) is 32.1 Å². The zero-order chi connectivity index (χ0) is 21.0. The first-order valence-corrected chi connectivity index (χ1v) is 10.0. The molecule has 0 bridgehead atoms. The lowest BCUT2D eigenvalue weighted by Crippen LogP contribution is -2.49. The van der Waals surface area contributed by atoms with Crippen molar-refractivity contribution < 1.29 is 23.6 Å². The summed E-state index contributed by atoms with van der Waals surface area (Å²) in [5.41, 5.74) is -0.105. The Morgan fingerprint density at radius 2 is 2.07 bits per heavy atom. The Balaban J connectivity index is 1.66. The van der Waals surface area contributed by atoms with Crippen molar-refractivity contribution in [2.24, 2.45) is 11.8 Å². The van der Waals surface area contributed by atoms with E-state index in [1.54, 1.807) is 0 Å². The Morgan fingerprint density at radius 1 is 1.38 bits per heavy atom. The molecule has 2 aliphatic rings. The number of hydrogen-bond acceptors (Lipinski definition) is 6. The number of nitrogens with zero attached hydrogens (tertiary/aromatic N) is 4. The third kappa shape index (κ3) is 5.51. The average Bonchev–Trinajstić information content (AvgIpc) is 3.18. The van der Waals surface area contributed by atoms with E-state index in [0.29, 0.717) is 17.4 Å². The standard InChI is InChI=1S/C18H24ClF2N5O3/c19-18-23-14(15(21)16(24-18)25-8-13(20)9-25)6-22-17(28)12(7-26(29)10-27)5-11-3-1-2-4-11/h10-13,29H,1-9H2,(H,22,28)/t12-/m1/s1. The van der Waals surface area contributed by atoms with Gasteiger partial charge in [-0.05, 0) is 23.9 Å². The van der Waals surface area contributed by atoms with Gasteiger partial charge in [-0.2, -0.15) is 4.98 Å². The van der Waals surface area contributed by atoms with Gasteiger partial charge in [-0.25, -0.2) is 18.8 Å². The first kappa shape index (κ1) is 21.6. The number of rotatable bonds is 9. The van der Waals surface area contributed by atoms with Crippen LogP contribution in [-0.4, -0.2) is 58.4 Å². The highest BCUT2D eigenvalue weighted by Crippen LogP contribution is 2.31. The van der Waals surface area contributed by atoms with Crippen LogP contribution >= 0.6 is 11.6 Å². The van der Waals surface area contributed by atoms with Gasteiger partial charge in [0.15, 0.2) is 11.6 Å². The number of aromatic nitrogens is 2. The van der Waals surface area contributed by atoms with E-state index in [4.69, 9.17) is 11.6 Å². The van der Waals surface area contributed by atoms with Crippen molar-refractivity contribution in [1.82, 2.24) is 20.3 Å². The van der Waals surface area contributed by atoms with Gasteiger partial charge in [0, 0.05) is 0 Å². The fourth-order valence-corrected chi connectivity index (χ4v) is 4.05. The van der Waals surface area contributed by atoms with Crippen LogP contribution in [-0.2, 0) is 16.1 Å². The molecule has 1 aromatic rings. The molecule has 8 nitrogen and oxygen atoms in total. The molecule has 1 aliphatic heterocycles. The van der Waals surface area contributed by atoms with Gasteiger partial charge in [0.1, 0.15) is 11.9 Å². The molecule has 2 fully saturated rings. The zero-order valence-corrected chi connectivity index (χ0v) is 16.6. The SMILES string of the molecule is O=CN(O)C[C@@H](CC1CCCC1)C(=O)NCc1nc(Cl)nc(N2CC(F)C2)c1F. The molecule has 29 heavy (non-hydrogen) atoms. The molecule has 0 radical (unpaired) electrons. The highest BCUT2D eigenvalue weighted by Gasteiger charge is 2.32. The largest absolute Gasteiger partial charge is 0.350 e. The summed E-state index contributed by atoms with van der Waals surface area (Å²) < 4.78 is 27.8. The third-order valence-electron chi connectivity index (χ3n) is 5.43. The second-order valence-corrected chi connectivity index (χ2v) is 7.95. The van der Waals surface area contributed by atoms with Crippen LogP contribution in [0.1, 0.15) is 37.8 Å². The molecule has 1 atom stereocenters. The number of hydroxylamine groups is 2. The van der Waals surface area contributed by atoms with Gasteiger partial charge >= 0.3 is 0 Å². The maximum absolute atomic E-state index is 14.7. The molecule has 1 aromatic heterocycles. The summed E-state index contributed by atoms with van der Waals surface area (Å²) in [6.45, 7) is -0.328. The van der Waals surface area contributed by atoms with E-state index in [0.717, 1.165) is 25.7 Å². The van der Waals surface area contributed by atoms with Gasteiger partial charge in [-0.3, -0.25) is 14.8 Å². The Hall–Kier alpha value is -2.07. The van der Waals surface area contributed by atoms with Gasteiger partial charge in [-0.1, -0.05) is 25.7 Å². The molecule has 3 rings (SSSR count). The fourth-order valence-electron chi connectivity index (χ4n) is 3.87. The van der Waals surface area contributed by atoms with Crippen LogP contribution in [0.4, 0.5) is 14.6 Å². The molecule has 0 unspecified atom stereocenters. The van der Waals surface area contributed by atoms with Crippen molar-refractivity contribution in [2.75, 3.05) is 24.5 Å². The number of alkyl halides is 1. The van der Waals surface area contributed by atoms with Crippen molar-refractivity contribution in [3.8, 4) is 0 Å². The second-order valence-electron chi connectivity index (χ2n) is 7.61. The van der Waals surface area contributed by atoms with E-state index in [9.17, 15) is 23.6 Å². The quantitative estimate of drug-likeness (QED) is 0.269. The van der Waals surface area contributed by atoms with E-state index in [-0.39, 0.29) is 49.4 Å². The summed E-state index contributed by atoms with van der Waals surface area (Å²) in [5, 5.41) is 12.4. The predicted molar refractivity (Wildman–Crippen MR) is 101 cm³/mol. The van der Waals surface area contributed by atoms with Crippen molar-refractivity contribution in [3.05, 3.63) is 16.8 Å². The van der Waals surface area contributed by atoms with Crippen LogP contribution in [0.15, 0.2) is 0 Å². The number of anilines is 1. The maximum Gasteiger partial charge on any atom is 0.233 e. The van der Waals surface area contributed by atoms with E-state index < -0.39 is 23.8 Å². The molecule has 2 N–H and O–H groups in total. The Labute approximate surface area is 172 Å². The van der Waals surface area contributed by atoms with Gasteiger partial charge < -0.3 is 10.2 Å². The maximum atomic E-state index is 14.7. The van der Waals surface area contributed by atoms with E-state index >= 15 is 0 Å². The molecule has 2 heterocycles. The second kappa shape index (κ2) is 9.62. The third-order valence-corrected chi connectivity index (χ3v) is 5.60. The van der Waals surface area contributed by atoms with E-state index in [2.05, 4.69) is 15.3 Å². The number of carbonyl (C=O) groups is 2. The molecular formula is C18H24ClF2N5O3. The Kier molecular flexibility index (Phi) is 7.18. The van der Waals surface area contributed by atoms with Crippen LogP contribution in [0.2, 0.25) is 5.28 Å². The van der Waals surface area contributed by atoms with Crippen molar-refractivity contribution in [2.45, 2.75) is 44.8 Å². The highest BCUT2D eigenvalue weighted by molar-refractivity contribution is 6.28. The molecule has 0 spiro atoms. The minimum Gasteiger partial charge on any atom is -0.350 e. The molecule has 160 valence electrons. The molecule has 2 amide bonds. The number of hydrogen-bond donors (Lipinski definition) is 2. The normalized spacial score (nSPS) is 18.4. The van der Waals surface area contributed by atoms with E-state index in [1.165, 1.54) is 4.90 Å². The molecule has 1 saturated heterocycles. The summed E-state index contributed by atoms with van der Waals surface area (Å²) >= 11 is 5.86. The van der Waals surface area contributed by atoms with Gasteiger partial charge in [-0.15, -0.1) is 0 Å². The lowest BCUT2D eigenvalue weighted by molar-refractivity contribution is -0.155. The topological polar surface area (TPSA) is 98.7 Å². The van der Waals surface area contributed by atoms with Crippen LogP contribution in [0, 0.1) is 17.7 Å². The minimum atomic E-state index is -1.04. The van der Waals surface area contributed by atoms with Gasteiger partial charge in [0.2, 0.25) is 17.6 Å². The smallest absolute Gasteiger partial charge is 0.233 e. The monoisotopic (exact) mass is 431 g/mol. The van der Waals surface area contributed by atoms with Crippen molar-refractivity contribution in [3.63, 3.8) is 0 Å². The molecule has 0 aromatic carbocycles. The fraction of sp³-hybridized carbons (Fsp3) is 0.667. The lowest BCUT2D eigenvalue weighted by Gasteiger charge is -2.35. The van der Waals surface area contributed by atoms with Crippen LogP contribution in [0.3, 0.4) is 0 Å². The Morgan fingerprint density at radius 3 is 2.69 bits per heavy atom. The zero-order valence-electron chi connectivity index (χ0n) is 15.9. The van der Waals surface area contributed by atoms with E-state index in [1.807, 2.05) is 0 Å². The van der Waals surface area contributed by atoms with Crippen LogP contribution < -0.4 is 10.2 Å². The predicted octanol–water partition coefficient (Wildman–Crippen LogP) is 2.09. The van der Waals surface area contributed by atoms with Crippen LogP contribution in [0.25, 0.3) is 0 Å². The van der Waals surface area contributed by atoms with Crippen molar-refractivity contribution >= 4 is 29.7 Å². The molecule has 1 saturated carbocycles. The summed E-state index contributed by atoms with van der Waals surface area (Å²) in [6, 6.07) is 0. The number of halogens is 3. The number of nitrogens with one attached hydrogen (secondary N) is 1.